The average Bonchev–Trinajstić information content (AvgIpc) is 2.63. The monoisotopic (exact) mass is 292 g/mol. The Balaban J connectivity index is 0.000000206. The van der Waals surface area contributed by atoms with Gasteiger partial charge >= 0.3 is 0 Å². The van der Waals surface area contributed by atoms with Gasteiger partial charge in [-0.15, -0.1) is 0 Å². The largest absolute Gasteiger partial charge is 0.303 e. The third-order valence-electron chi connectivity index (χ3n) is 2.10. The molecule has 0 amide bonds. The van der Waals surface area contributed by atoms with E-state index < -0.39 is 0 Å². The second kappa shape index (κ2) is 7.99. The molecule has 0 aromatic carbocycles. The number of hydrogen-bond acceptors (Lipinski definition) is 4. The van der Waals surface area contributed by atoms with E-state index in [-0.39, 0.29) is 23.9 Å². The first kappa shape index (κ1) is 13.6. The van der Waals surface area contributed by atoms with Crippen LogP contribution in [0, 0.1) is 0 Å². The topological polar surface area (TPSA) is 30.5 Å². The van der Waals surface area contributed by atoms with Crippen LogP contribution >= 0.6 is 0 Å². The Morgan fingerprint density at radius 1 is 0.846 bits per heavy atom. The maximum atomic E-state index is 3.20. The summed E-state index contributed by atoms with van der Waals surface area (Å²) in [6.07, 6.45) is 0. The van der Waals surface area contributed by atoms with Crippen molar-refractivity contribution in [1.82, 2.24) is 20.4 Å². The normalized spacial score (nSPS) is 23.5. The van der Waals surface area contributed by atoms with Crippen molar-refractivity contribution in [1.29, 1.82) is 0 Å². The van der Waals surface area contributed by atoms with E-state index in [1.54, 1.807) is 0 Å². The molecule has 4 radical (unpaired) electrons. The minimum atomic E-state index is 0. The van der Waals surface area contributed by atoms with Crippen molar-refractivity contribution in [3.8, 4) is 0 Å². The Labute approximate surface area is 98.0 Å². The second-order valence-corrected chi connectivity index (χ2v) is 3.48. The van der Waals surface area contributed by atoms with Gasteiger partial charge in [0, 0.05) is 63.4 Å². The van der Waals surface area contributed by atoms with Gasteiger partial charge in [0.1, 0.15) is 0 Å². The predicted molar refractivity (Wildman–Crippen MR) is 56.8 cm³/mol. The van der Waals surface area contributed by atoms with Crippen LogP contribution in [0.2, 0.25) is 0 Å². The molecule has 13 heavy (non-hydrogen) atoms. The number of likely N-dealkylation sites (N-methyl/N-ethyl adjacent to an activating group) is 2. The summed E-state index contributed by atoms with van der Waals surface area (Å²) in [5.74, 6) is 0. The Morgan fingerprint density at radius 2 is 1.23 bits per heavy atom. The Morgan fingerprint density at radius 3 is 1.31 bits per heavy atom. The van der Waals surface area contributed by atoms with E-state index in [9.17, 15) is 0 Å². The Bertz CT molecular complexity index is 96.7. The molecule has 0 aromatic rings. The maximum Gasteiger partial charge on any atom is 0.0478 e. The fourth-order valence-corrected chi connectivity index (χ4v) is 1.24. The smallest absolute Gasteiger partial charge is 0.0478 e. The number of nitrogens with zero attached hydrogens (tertiary/aromatic N) is 2. The third-order valence-corrected chi connectivity index (χ3v) is 2.10. The summed E-state index contributed by atoms with van der Waals surface area (Å²) in [6.45, 7) is 6.88. The van der Waals surface area contributed by atoms with E-state index in [4.69, 9.17) is 0 Å². The molecule has 0 unspecified atom stereocenters. The fraction of sp³-hybridized carbons (Fsp3) is 1.00. The van der Waals surface area contributed by atoms with Crippen LogP contribution in [0.5, 0.6) is 0 Å². The molecule has 0 bridgehead atoms. The minimum absolute atomic E-state index is 0. The SMILES string of the molecule is CN1CCNC1.CN1CCNC1.[Sn]. The van der Waals surface area contributed by atoms with Gasteiger partial charge in [-0.05, 0) is 14.1 Å². The van der Waals surface area contributed by atoms with Crippen LogP contribution in [0.15, 0.2) is 0 Å². The molecular weight excluding hydrogens is 271 g/mol. The van der Waals surface area contributed by atoms with Crippen LogP contribution in [-0.4, -0.2) is 87.3 Å². The summed E-state index contributed by atoms with van der Waals surface area (Å²) in [4.78, 5) is 4.50. The van der Waals surface area contributed by atoms with Gasteiger partial charge in [0.05, 0.1) is 0 Å². The molecule has 2 aliphatic heterocycles. The summed E-state index contributed by atoms with van der Waals surface area (Å²) < 4.78 is 0. The fourth-order valence-electron chi connectivity index (χ4n) is 1.24. The summed E-state index contributed by atoms with van der Waals surface area (Å²) in [5, 5.41) is 6.40. The molecule has 0 saturated carbocycles. The molecule has 2 saturated heterocycles. The predicted octanol–water partition coefficient (Wildman–Crippen LogP) is -1.42. The number of hydrogen-bond donors (Lipinski definition) is 2. The van der Waals surface area contributed by atoms with Crippen LogP contribution in [-0.2, 0) is 0 Å². The summed E-state index contributed by atoms with van der Waals surface area (Å²) in [5.41, 5.74) is 0. The van der Waals surface area contributed by atoms with Crippen LogP contribution < -0.4 is 10.6 Å². The zero-order chi connectivity index (χ0) is 8.81. The van der Waals surface area contributed by atoms with E-state index in [0.717, 1.165) is 26.4 Å². The van der Waals surface area contributed by atoms with Crippen molar-refractivity contribution in [3.05, 3.63) is 0 Å². The van der Waals surface area contributed by atoms with E-state index in [0.29, 0.717) is 0 Å². The van der Waals surface area contributed by atoms with E-state index in [2.05, 4.69) is 34.5 Å². The summed E-state index contributed by atoms with van der Waals surface area (Å²) in [7, 11) is 4.22. The second-order valence-electron chi connectivity index (χ2n) is 3.48. The van der Waals surface area contributed by atoms with Gasteiger partial charge in [0.15, 0.2) is 0 Å². The van der Waals surface area contributed by atoms with Crippen LogP contribution in [0.25, 0.3) is 0 Å². The van der Waals surface area contributed by atoms with Gasteiger partial charge in [-0.1, -0.05) is 0 Å². The van der Waals surface area contributed by atoms with E-state index in [1.165, 1.54) is 13.1 Å². The number of rotatable bonds is 0. The van der Waals surface area contributed by atoms with Crippen molar-refractivity contribution < 1.29 is 0 Å². The van der Waals surface area contributed by atoms with Gasteiger partial charge in [-0.3, -0.25) is 9.80 Å². The molecule has 2 aliphatic rings. The van der Waals surface area contributed by atoms with Crippen molar-refractivity contribution in [2.45, 2.75) is 0 Å². The first-order chi connectivity index (χ1) is 5.79. The molecular formula is C8H20N4Sn. The van der Waals surface area contributed by atoms with Crippen LogP contribution in [0.3, 0.4) is 0 Å². The molecule has 0 aromatic heterocycles. The van der Waals surface area contributed by atoms with Crippen LogP contribution in [0.4, 0.5) is 0 Å². The summed E-state index contributed by atoms with van der Waals surface area (Å²) >= 11 is 0. The van der Waals surface area contributed by atoms with Gasteiger partial charge < -0.3 is 10.6 Å². The minimum Gasteiger partial charge on any atom is -0.303 e. The molecule has 2 N–H and O–H groups in total. The van der Waals surface area contributed by atoms with Gasteiger partial charge in [0.2, 0.25) is 0 Å². The van der Waals surface area contributed by atoms with Gasteiger partial charge in [0.25, 0.3) is 0 Å². The number of nitrogens with one attached hydrogen (secondary N) is 2. The molecule has 0 atom stereocenters. The third kappa shape index (κ3) is 6.68. The molecule has 5 heteroatoms. The van der Waals surface area contributed by atoms with Crippen molar-refractivity contribution in [3.63, 3.8) is 0 Å². The molecule has 0 aliphatic carbocycles. The molecule has 4 nitrogen and oxygen atoms in total. The first-order valence-electron chi connectivity index (χ1n) is 4.57. The maximum absolute atomic E-state index is 3.20. The summed E-state index contributed by atoms with van der Waals surface area (Å²) in [6, 6.07) is 0. The standard InChI is InChI=1S/2C4H10N2.Sn/c2*1-6-3-2-5-4-6;/h2*5H,2-4H2,1H3;. The molecule has 2 heterocycles. The quantitative estimate of drug-likeness (QED) is 0.536. The van der Waals surface area contributed by atoms with Gasteiger partial charge in [-0.2, -0.15) is 0 Å². The Hall–Kier alpha value is 0.639. The van der Waals surface area contributed by atoms with Crippen LogP contribution in [0.1, 0.15) is 0 Å². The zero-order valence-electron chi connectivity index (χ0n) is 8.64. The molecule has 76 valence electrons. The molecule has 2 rings (SSSR count). The first-order valence-corrected chi connectivity index (χ1v) is 4.57. The average molecular weight is 291 g/mol. The van der Waals surface area contributed by atoms with E-state index in [1.807, 2.05) is 0 Å². The van der Waals surface area contributed by atoms with E-state index >= 15 is 0 Å². The zero-order valence-corrected chi connectivity index (χ0v) is 11.5. The molecule has 0 spiro atoms. The van der Waals surface area contributed by atoms with Crippen molar-refractivity contribution in [2.75, 3.05) is 53.6 Å². The van der Waals surface area contributed by atoms with Crippen molar-refractivity contribution >= 4 is 23.9 Å². The van der Waals surface area contributed by atoms with Crippen molar-refractivity contribution in [2.24, 2.45) is 0 Å². The van der Waals surface area contributed by atoms with Gasteiger partial charge in [-0.25, -0.2) is 0 Å². The molecule has 2 fully saturated rings. The Kier molecular flexibility index (Phi) is 8.38.